The van der Waals surface area contributed by atoms with E-state index in [4.69, 9.17) is 0 Å². The van der Waals surface area contributed by atoms with Crippen molar-refractivity contribution in [1.29, 1.82) is 0 Å². The van der Waals surface area contributed by atoms with Crippen LogP contribution in [0.4, 0.5) is 0 Å². The Morgan fingerprint density at radius 2 is 1.58 bits per heavy atom. The molecule has 0 aliphatic heterocycles. The minimum atomic E-state index is -0.123. The van der Waals surface area contributed by atoms with Crippen LogP contribution in [0, 0.1) is 0 Å². The van der Waals surface area contributed by atoms with Gasteiger partial charge in [0.05, 0.1) is 0 Å². The summed E-state index contributed by atoms with van der Waals surface area (Å²) in [5.41, 5.74) is 3.32. The molecule has 0 bridgehead atoms. The Bertz CT molecular complexity index is 510. The van der Waals surface area contributed by atoms with Crippen molar-refractivity contribution in [2.75, 3.05) is 0 Å². The van der Waals surface area contributed by atoms with E-state index in [0.29, 0.717) is 0 Å². The van der Waals surface area contributed by atoms with Crippen molar-refractivity contribution >= 4 is 0 Å². The molecule has 0 fully saturated rings. The molecule has 2 heteroatoms. The van der Waals surface area contributed by atoms with Crippen LogP contribution in [0.1, 0.15) is 71.8 Å². The fraction of sp³-hybridized carbons (Fsp3) is 0.706. The SMILES string of the molecule is CCCc1cc(=O)c(C(C)(C)C)c(C(C)(C)C)n1C. The maximum atomic E-state index is 12.6. The molecule has 0 N–H and O–H groups in total. The highest BCUT2D eigenvalue weighted by Crippen LogP contribution is 2.32. The second kappa shape index (κ2) is 5.15. The van der Waals surface area contributed by atoms with Crippen LogP contribution >= 0.6 is 0 Å². The molecule has 0 atom stereocenters. The van der Waals surface area contributed by atoms with Crippen LogP contribution in [0.2, 0.25) is 0 Å². The van der Waals surface area contributed by atoms with Crippen molar-refractivity contribution in [1.82, 2.24) is 4.57 Å². The normalized spacial score (nSPS) is 12.8. The predicted molar refractivity (Wildman–Crippen MR) is 83.1 cm³/mol. The summed E-state index contributed by atoms with van der Waals surface area (Å²) in [6, 6.07) is 1.83. The summed E-state index contributed by atoms with van der Waals surface area (Å²) in [5.74, 6) is 0. The number of nitrogens with zero attached hydrogens (tertiary/aromatic N) is 1. The van der Waals surface area contributed by atoms with Gasteiger partial charge in [0.15, 0.2) is 5.43 Å². The van der Waals surface area contributed by atoms with Crippen LogP contribution in [0.3, 0.4) is 0 Å². The molecule has 0 amide bonds. The number of aryl methyl sites for hydroxylation is 1. The fourth-order valence-electron chi connectivity index (χ4n) is 2.85. The van der Waals surface area contributed by atoms with Crippen molar-refractivity contribution < 1.29 is 0 Å². The minimum absolute atomic E-state index is 0.0275. The zero-order valence-electron chi connectivity index (χ0n) is 13.8. The Hall–Kier alpha value is -1.05. The van der Waals surface area contributed by atoms with E-state index >= 15 is 0 Å². The lowest BCUT2D eigenvalue weighted by molar-refractivity contribution is 0.479. The van der Waals surface area contributed by atoms with Crippen LogP contribution < -0.4 is 5.43 Å². The third-order valence-corrected chi connectivity index (χ3v) is 3.51. The molecule has 1 heterocycles. The average Bonchev–Trinajstić information content (AvgIpc) is 2.19. The smallest absolute Gasteiger partial charge is 0.185 e. The maximum absolute atomic E-state index is 12.6. The number of aromatic nitrogens is 1. The molecule has 108 valence electrons. The Kier molecular flexibility index (Phi) is 4.33. The quantitative estimate of drug-likeness (QED) is 0.792. The average molecular weight is 263 g/mol. The van der Waals surface area contributed by atoms with Gasteiger partial charge in [-0.15, -0.1) is 0 Å². The second-order valence-corrected chi connectivity index (χ2v) is 7.53. The summed E-state index contributed by atoms with van der Waals surface area (Å²) in [4.78, 5) is 12.6. The molecular formula is C17H29NO. The molecule has 1 aromatic heterocycles. The minimum Gasteiger partial charge on any atom is -0.351 e. The van der Waals surface area contributed by atoms with Crippen LogP contribution in [0.5, 0.6) is 0 Å². The molecule has 0 radical (unpaired) electrons. The molecule has 0 saturated heterocycles. The standard InChI is InChI=1S/C17H29NO/c1-9-10-12-11-13(19)14(16(2,3)4)15(18(12)8)17(5,6)7/h11H,9-10H2,1-8H3. The van der Waals surface area contributed by atoms with E-state index in [1.807, 2.05) is 6.07 Å². The lowest BCUT2D eigenvalue weighted by Crippen LogP contribution is -2.34. The van der Waals surface area contributed by atoms with Crippen LogP contribution in [0.15, 0.2) is 10.9 Å². The molecule has 1 rings (SSSR count). The first-order valence-electron chi connectivity index (χ1n) is 7.24. The van der Waals surface area contributed by atoms with E-state index in [0.717, 1.165) is 24.1 Å². The van der Waals surface area contributed by atoms with E-state index < -0.39 is 0 Å². The van der Waals surface area contributed by atoms with Crippen LogP contribution in [0.25, 0.3) is 0 Å². The van der Waals surface area contributed by atoms with Crippen molar-refractivity contribution in [3.8, 4) is 0 Å². The summed E-state index contributed by atoms with van der Waals surface area (Å²) in [7, 11) is 2.10. The Morgan fingerprint density at radius 1 is 1.05 bits per heavy atom. The van der Waals surface area contributed by atoms with E-state index in [1.165, 1.54) is 5.69 Å². The number of hydrogen-bond acceptors (Lipinski definition) is 1. The monoisotopic (exact) mass is 263 g/mol. The molecule has 0 aliphatic rings. The lowest BCUT2D eigenvalue weighted by atomic mass is 9.77. The number of rotatable bonds is 2. The third-order valence-electron chi connectivity index (χ3n) is 3.51. The van der Waals surface area contributed by atoms with E-state index in [-0.39, 0.29) is 16.3 Å². The number of pyridine rings is 1. The zero-order valence-corrected chi connectivity index (χ0v) is 13.8. The lowest BCUT2D eigenvalue weighted by Gasteiger charge is -2.32. The van der Waals surface area contributed by atoms with E-state index in [2.05, 4.69) is 60.1 Å². The molecule has 0 aliphatic carbocycles. The van der Waals surface area contributed by atoms with Gasteiger partial charge < -0.3 is 4.57 Å². The summed E-state index contributed by atoms with van der Waals surface area (Å²) in [5, 5.41) is 0. The largest absolute Gasteiger partial charge is 0.351 e. The first-order valence-corrected chi connectivity index (χ1v) is 7.24. The summed E-state index contributed by atoms with van der Waals surface area (Å²) < 4.78 is 2.24. The summed E-state index contributed by atoms with van der Waals surface area (Å²) in [6.07, 6.45) is 2.02. The Morgan fingerprint density at radius 3 is 1.95 bits per heavy atom. The molecule has 0 saturated carbocycles. The topological polar surface area (TPSA) is 22.0 Å². The first kappa shape index (κ1) is 16.0. The Labute approximate surface area is 117 Å². The van der Waals surface area contributed by atoms with Gasteiger partial charge >= 0.3 is 0 Å². The van der Waals surface area contributed by atoms with Gasteiger partial charge in [-0.05, 0) is 11.8 Å². The molecule has 0 aromatic carbocycles. The van der Waals surface area contributed by atoms with Crippen molar-refractivity contribution in [3.63, 3.8) is 0 Å². The Balaban J connectivity index is 3.76. The molecule has 0 unspecified atom stereocenters. The predicted octanol–water partition coefficient (Wildman–Crippen LogP) is 3.93. The molecule has 0 spiro atoms. The third kappa shape index (κ3) is 3.29. The van der Waals surface area contributed by atoms with Gasteiger partial charge in [-0.1, -0.05) is 54.9 Å². The van der Waals surface area contributed by atoms with Crippen LogP contribution in [-0.4, -0.2) is 4.57 Å². The van der Waals surface area contributed by atoms with Gasteiger partial charge in [0.1, 0.15) is 0 Å². The molecule has 1 aromatic rings. The summed E-state index contributed by atoms with van der Waals surface area (Å²) >= 11 is 0. The zero-order chi connectivity index (χ0) is 15.0. The molecule has 2 nitrogen and oxygen atoms in total. The fourth-order valence-corrected chi connectivity index (χ4v) is 2.85. The van der Waals surface area contributed by atoms with Crippen molar-refractivity contribution in [2.45, 2.75) is 72.1 Å². The maximum Gasteiger partial charge on any atom is 0.185 e. The van der Waals surface area contributed by atoms with E-state index in [1.54, 1.807) is 0 Å². The summed E-state index contributed by atoms with van der Waals surface area (Å²) in [6.45, 7) is 15.1. The molecular weight excluding hydrogens is 234 g/mol. The van der Waals surface area contributed by atoms with Gasteiger partial charge in [-0.3, -0.25) is 4.79 Å². The van der Waals surface area contributed by atoms with Gasteiger partial charge in [0.2, 0.25) is 0 Å². The van der Waals surface area contributed by atoms with Gasteiger partial charge in [0, 0.05) is 35.5 Å². The molecule has 19 heavy (non-hydrogen) atoms. The second-order valence-electron chi connectivity index (χ2n) is 7.53. The van der Waals surface area contributed by atoms with E-state index in [9.17, 15) is 4.79 Å². The highest BCUT2D eigenvalue weighted by molar-refractivity contribution is 5.35. The van der Waals surface area contributed by atoms with Crippen molar-refractivity contribution in [2.24, 2.45) is 7.05 Å². The highest BCUT2D eigenvalue weighted by atomic mass is 16.1. The highest BCUT2D eigenvalue weighted by Gasteiger charge is 2.30. The first-order chi connectivity index (χ1) is 8.50. The number of hydrogen-bond donors (Lipinski definition) is 0. The van der Waals surface area contributed by atoms with Crippen molar-refractivity contribution in [3.05, 3.63) is 33.2 Å². The van der Waals surface area contributed by atoms with Crippen LogP contribution in [-0.2, 0) is 24.3 Å². The van der Waals surface area contributed by atoms with Gasteiger partial charge in [0.25, 0.3) is 0 Å². The van der Waals surface area contributed by atoms with Gasteiger partial charge in [-0.25, -0.2) is 0 Å². The van der Waals surface area contributed by atoms with Gasteiger partial charge in [-0.2, -0.15) is 0 Å².